The van der Waals surface area contributed by atoms with Gasteiger partial charge in [0, 0.05) is 11.6 Å². The van der Waals surface area contributed by atoms with Gasteiger partial charge in [-0.05, 0) is 42.6 Å². The van der Waals surface area contributed by atoms with E-state index in [1.807, 2.05) is 85.8 Å². The number of rotatable bonds is 4. The minimum Gasteiger partial charge on any atom is -0.329 e. The number of nitrogens with one attached hydrogen (secondary N) is 1. The molecular formula is C24H21N3O. The van der Waals surface area contributed by atoms with Crippen molar-refractivity contribution in [3.05, 3.63) is 103 Å². The van der Waals surface area contributed by atoms with Crippen LogP contribution in [0.4, 0.5) is 16.2 Å². The fourth-order valence-electron chi connectivity index (χ4n) is 3.30. The molecule has 2 amide bonds. The van der Waals surface area contributed by atoms with Gasteiger partial charge in [0.05, 0.1) is 23.1 Å². The molecule has 0 spiro atoms. The smallest absolute Gasteiger partial charge is 0.327 e. The maximum absolute atomic E-state index is 13.4. The number of aromatic nitrogens is 1. The molecule has 4 aromatic rings. The first-order valence-electron chi connectivity index (χ1n) is 9.28. The van der Waals surface area contributed by atoms with Crippen molar-refractivity contribution in [3.8, 4) is 0 Å². The number of para-hydroxylation sites is 1. The van der Waals surface area contributed by atoms with Gasteiger partial charge in [0.1, 0.15) is 0 Å². The van der Waals surface area contributed by atoms with Crippen LogP contribution >= 0.6 is 0 Å². The first-order chi connectivity index (χ1) is 13.7. The van der Waals surface area contributed by atoms with Crippen molar-refractivity contribution >= 4 is 28.2 Å². The zero-order chi connectivity index (χ0) is 19.3. The molecule has 4 nitrogen and oxygen atoms in total. The van der Waals surface area contributed by atoms with E-state index in [4.69, 9.17) is 0 Å². The zero-order valence-electron chi connectivity index (χ0n) is 15.6. The fraction of sp³-hybridized carbons (Fsp3) is 0.0833. The van der Waals surface area contributed by atoms with Crippen LogP contribution in [0.1, 0.15) is 18.7 Å². The molecule has 28 heavy (non-hydrogen) atoms. The summed E-state index contributed by atoms with van der Waals surface area (Å²) >= 11 is 0. The van der Waals surface area contributed by atoms with Gasteiger partial charge in [0.2, 0.25) is 0 Å². The summed E-state index contributed by atoms with van der Waals surface area (Å²) in [5.74, 6) is 0. The minimum atomic E-state index is -0.213. The van der Waals surface area contributed by atoms with Gasteiger partial charge in [-0.25, -0.2) is 4.79 Å². The maximum Gasteiger partial charge on any atom is 0.327 e. The molecule has 0 radical (unpaired) electrons. The Hall–Kier alpha value is -3.66. The van der Waals surface area contributed by atoms with E-state index in [1.165, 1.54) is 0 Å². The molecular weight excluding hydrogens is 346 g/mol. The lowest BCUT2D eigenvalue weighted by Crippen LogP contribution is -2.38. The number of nitrogens with zero attached hydrogens (tertiary/aromatic N) is 2. The van der Waals surface area contributed by atoms with Crippen molar-refractivity contribution in [1.82, 2.24) is 10.3 Å². The molecule has 0 aliphatic heterocycles. The Morgan fingerprint density at radius 3 is 2.36 bits per heavy atom. The average Bonchev–Trinajstić information content (AvgIpc) is 2.75. The Balaban J connectivity index is 1.75. The molecule has 1 heterocycles. The van der Waals surface area contributed by atoms with Crippen LogP contribution in [0.2, 0.25) is 0 Å². The number of amides is 2. The van der Waals surface area contributed by atoms with E-state index in [-0.39, 0.29) is 12.1 Å². The lowest BCUT2D eigenvalue weighted by molar-refractivity contribution is 0.245. The monoisotopic (exact) mass is 367 g/mol. The predicted molar refractivity (Wildman–Crippen MR) is 114 cm³/mol. The van der Waals surface area contributed by atoms with Crippen molar-refractivity contribution < 1.29 is 4.79 Å². The van der Waals surface area contributed by atoms with Crippen LogP contribution < -0.4 is 10.2 Å². The molecule has 1 unspecified atom stereocenters. The number of benzene rings is 3. The van der Waals surface area contributed by atoms with E-state index < -0.39 is 0 Å². The van der Waals surface area contributed by atoms with Gasteiger partial charge in [-0.3, -0.25) is 9.88 Å². The van der Waals surface area contributed by atoms with Gasteiger partial charge >= 0.3 is 6.03 Å². The highest BCUT2D eigenvalue weighted by Gasteiger charge is 2.22. The van der Waals surface area contributed by atoms with E-state index in [1.54, 1.807) is 11.1 Å². The van der Waals surface area contributed by atoms with Crippen LogP contribution in [0.25, 0.3) is 10.8 Å². The van der Waals surface area contributed by atoms with Crippen molar-refractivity contribution in [3.63, 3.8) is 0 Å². The largest absolute Gasteiger partial charge is 0.329 e. The SMILES string of the molecule is CC(NC(=O)N(c1ccccc1)c1cccc2ccccc12)c1ccccn1. The standard InChI is InChI=1S/C24H21N3O/c1-18(22-15-7-8-17-25-22)26-24(28)27(20-12-3-2-4-13-20)23-16-9-11-19-10-5-6-14-21(19)23/h2-18H,1H3,(H,26,28). The summed E-state index contributed by atoms with van der Waals surface area (Å²) in [4.78, 5) is 19.4. The molecule has 0 bridgehead atoms. The predicted octanol–water partition coefficient (Wildman–Crippen LogP) is 5.84. The molecule has 1 aromatic heterocycles. The summed E-state index contributed by atoms with van der Waals surface area (Å²) in [6.07, 6.45) is 1.73. The van der Waals surface area contributed by atoms with Gasteiger partial charge in [-0.15, -0.1) is 0 Å². The lowest BCUT2D eigenvalue weighted by atomic mass is 10.1. The normalized spacial score (nSPS) is 11.8. The van der Waals surface area contributed by atoms with Crippen LogP contribution in [0, 0.1) is 0 Å². The minimum absolute atomic E-state index is 0.194. The number of urea groups is 1. The summed E-state index contributed by atoms with van der Waals surface area (Å²) in [5, 5.41) is 5.19. The molecule has 1 N–H and O–H groups in total. The Labute approximate surface area is 164 Å². The first kappa shape index (κ1) is 17.7. The van der Waals surface area contributed by atoms with Crippen molar-refractivity contribution in [1.29, 1.82) is 0 Å². The van der Waals surface area contributed by atoms with Crippen molar-refractivity contribution in [2.45, 2.75) is 13.0 Å². The van der Waals surface area contributed by atoms with Crippen molar-refractivity contribution in [2.75, 3.05) is 4.90 Å². The number of hydrogen-bond donors (Lipinski definition) is 1. The molecule has 0 aliphatic rings. The number of pyridine rings is 1. The highest BCUT2D eigenvalue weighted by atomic mass is 16.2. The van der Waals surface area contributed by atoms with Gasteiger partial charge in [-0.2, -0.15) is 0 Å². The quantitative estimate of drug-likeness (QED) is 0.492. The fourth-order valence-corrected chi connectivity index (χ4v) is 3.30. The number of carbonyl (C=O) groups is 1. The van der Waals surface area contributed by atoms with Gasteiger partial charge < -0.3 is 5.32 Å². The number of carbonyl (C=O) groups excluding carboxylic acids is 1. The Kier molecular flexibility index (Phi) is 5.02. The number of anilines is 2. The van der Waals surface area contributed by atoms with E-state index in [0.717, 1.165) is 27.8 Å². The Morgan fingerprint density at radius 2 is 1.57 bits per heavy atom. The summed E-state index contributed by atoms with van der Waals surface area (Å²) in [7, 11) is 0. The first-order valence-corrected chi connectivity index (χ1v) is 9.28. The molecule has 1 atom stereocenters. The third-order valence-corrected chi connectivity index (χ3v) is 4.70. The van der Waals surface area contributed by atoms with Crippen LogP contribution in [0.5, 0.6) is 0 Å². The average molecular weight is 367 g/mol. The molecule has 0 saturated carbocycles. The molecule has 4 heteroatoms. The Morgan fingerprint density at radius 1 is 0.857 bits per heavy atom. The molecule has 4 rings (SSSR count). The van der Waals surface area contributed by atoms with Crippen LogP contribution in [0.15, 0.2) is 97.2 Å². The van der Waals surface area contributed by atoms with Crippen molar-refractivity contribution in [2.24, 2.45) is 0 Å². The topological polar surface area (TPSA) is 45.2 Å². The van der Waals surface area contributed by atoms with Gasteiger partial charge in [-0.1, -0.05) is 60.7 Å². The Bertz CT molecular complexity index is 1080. The number of fused-ring (bicyclic) bond motifs is 1. The summed E-state index contributed by atoms with van der Waals surface area (Å²) in [5.41, 5.74) is 2.47. The molecule has 0 fully saturated rings. The van der Waals surface area contributed by atoms with Gasteiger partial charge in [0.25, 0.3) is 0 Å². The molecule has 0 saturated heterocycles. The van der Waals surface area contributed by atoms with E-state index in [9.17, 15) is 4.79 Å². The maximum atomic E-state index is 13.4. The van der Waals surface area contributed by atoms with E-state index >= 15 is 0 Å². The number of hydrogen-bond acceptors (Lipinski definition) is 2. The van der Waals surface area contributed by atoms with E-state index in [0.29, 0.717) is 0 Å². The summed E-state index contributed by atoms with van der Waals surface area (Å²) in [6.45, 7) is 1.94. The second kappa shape index (κ2) is 7.92. The van der Waals surface area contributed by atoms with Crippen LogP contribution in [-0.2, 0) is 0 Å². The highest BCUT2D eigenvalue weighted by molar-refractivity contribution is 6.07. The molecule has 138 valence electrons. The second-order valence-corrected chi connectivity index (χ2v) is 6.60. The molecule has 3 aromatic carbocycles. The zero-order valence-corrected chi connectivity index (χ0v) is 15.6. The molecule has 0 aliphatic carbocycles. The van der Waals surface area contributed by atoms with Crippen LogP contribution in [-0.4, -0.2) is 11.0 Å². The van der Waals surface area contributed by atoms with Crippen LogP contribution in [0.3, 0.4) is 0 Å². The van der Waals surface area contributed by atoms with Gasteiger partial charge in [0.15, 0.2) is 0 Å². The highest BCUT2D eigenvalue weighted by Crippen LogP contribution is 2.32. The second-order valence-electron chi connectivity index (χ2n) is 6.60. The summed E-state index contributed by atoms with van der Waals surface area (Å²) < 4.78 is 0. The van der Waals surface area contributed by atoms with E-state index in [2.05, 4.69) is 22.4 Å². The summed E-state index contributed by atoms with van der Waals surface area (Å²) in [6, 6.07) is 29.1. The lowest BCUT2D eigenvalue weighted by Gasteiger charge is -2.26. The third kappa shape index (κ3) is 3.58. The third-order valence-electron chi connectivity index (χ3n) is 4.70.